The molecule has 0 saturated carbocycles. The summed E-state index contributed by atoms with van der Waals surface area (Å²) in [6.07, 6.45) is 2.99. The Morgan fingerprint density at radius 1 is 1.00 bits per heavy atom. The maximum atomic E-state index is 12.9. The zero-order valence-electron chi connectivity index (χ0n) is 17.5. The van der Waals surface area contributed by atoms with Crippen molar-refractivity contribution >= 4 is 17.3 Å². The normalized spacial score (nSPS) is 14.2. The highest BCUT2D eigenvalue weighted by atomic mass is 16.6. The van der Waals surface area contributed by atoms with Gasteiger partial charge < -0.3 is 9.80 Å². The topological polar surface area (TPSA) is 97.4 Å². The highest BCUT2D eigenvalue weighted by Crippen LogP contribution is 2.31. The largest absolute Gasteiger partial charge is 0.362 e. The maximum absolute atomic E-state index is 12.9. The van der Waals surface area contributed by atoms with Crippen molar-refractivity contribution < 1.29 is 9.72 Å². The lowest BCUT2D eigenvalue weighted by Gasteiger charge is -2.36. The quantitative estimate of drug-likeness (QED) is 0.464. The number of hydrogen-bond donors (Lipinski definition) is 0. The second kappa shape index (κ2) is 8.55. The van der Waals surface area contributed by atoms with Gasteiger partial charge in [0.25, 0.3) is 11.6 Å². The Hall–Kier alpha value is -3.75. The molecule has 1 fully saturated rings. The number of aromatic nitrogens is 3. The Labute approximate surface area is 180 Å². The number of anilines is 1. The molecule has 1 aliphatic rings. The predicted octanol–water partition coefficient (Wildman–Crippen LogP) is 3.26. The van der Waals surface area contributed by atoms with Gasteiger partial charge >= 0.3 is 0 Å². The van der Waals surface area contributed by atoms with Gasteiger partial charge in [0.05, 0.1) is 10.6 Å². The maximum Gasteiger partial charge on any atom is 0.294 e. The summed E-state index contributed by atoms with van der Waals surface area (Å²) in [7, 11) is 0. The van der Waals surface area contributed by atoms with Crippen LogP contribution < -0.4 is 4.90 Å². The third-order valence-electron chi connectivity index (χ3n) is 5.60. The van der Waals surface area contributed by atoms with Crippen LogP contribution in [-0.4, -0.2) is 56.7 Å². The summed E-state index contributed by atoms with van der Waals surface area (Å²) in [4.78, 5) is 27.9. The van der Waals surface area contributed by atoms with Crippen molar-refractivity contribution in [3.05, 3.63) is 76.4 Å². The SMILES string of the molecule is CC(C)c1ccc(C(=O)N2CCN(c3ccc(-n4cnnc4)cc3[N+](=O)[O-])CC2)cc1. The smallest absolute Gasteiger partial charge is 0.294 e. The van der Waals surface area contributed by atoms with Gasteiger partial charge in [0.15, 0.2) is 0 Å². The first kappa shape index (κ1) is 20.5. The molecule has 0 atom stereocenters. The number of hydrogen-bond acceptors (Lipinski definition) is 6. The molecule has 1 aliphatic heterocycles. The average Bonchev–Trinajstić information content (AvgIpc) is 3.33. The summed E-state index contributed by atoms with van der Waals surface area (Å²) in [6, 6.07) is 12.8. The van der Waals surface area contributed by atoms with Gasteiger partial charge in [0.1, 0.15) is 18.3 Å². The molecule has 0 radical (unpaired) electrons. The Morgan fingerprint density at radius 3 is 2.23 bits per heavy atom. The van der Waals surface area contributed by atoms with Crippen molar-refractivity contribution in [3.63, 3.8) is 0 Å². The lowest BCUT2D eigenvalue weighted by atomic mass is 10.0. The van der Waals surface area contributed by atoms with Gasteiger partial charge in [-0.1, -0.05) is 26.0 Å². The van der Waals surface area contributed by atoms with E-state index in [9.17, 15) is 14.9 Å². The zero-order chi connectivity index (χ0) is 22.0. The Bertz CT molecular complexity index is 1070. The van der Waals surface area contributed by atoms with Gasteiger partial charge in [-0.15, -0.1) is 10.2 Å². The monoisotopic (exact) mass is 420 g/mol. The zero-order valence-corrected chi connectivity index (χ0v) is 17.5. The lowest BCUT2D eigenvalue weighted by Crippen LogP contribution is -2.49. The number of benzene rings is 2. The van der Waals surface area contributed by atoms with E-state index in [-0.39, 0.29) is 16.5 Å². The van der Waals surface area contributed by atoms with E-state index < -0.39 is 0 Å². The van der Waals surface area contributed by atoms with Gasteiger partial charge in [-0.25, -0.2) is 0 Å². The van der Waals surface area contributed by atoms with Crippen LogP contribution in [0.4, 0.5) is 11.4 Å². The van der Waals surface area contributed by atoms with E-state index in [1.807, 2.05) is 29.2 Å². The van der Waals surface area contributed by atoms with E-state index in [0.717, 1.165) is 0 Å². The molecule has 160 valence electrons. The second-order valence-electron chi connectivity index (χ2n) is 7.86. The van der Waals surface area contributed by atoms with E-state index in [4.69, 9.17) is 0 Å². The van der Waals surface area contributed by atoms with Crippen molar-refractivity contribution in [3.8, 4) is 5.69 Å². The fraction of sp³-hybridized carbons (Fsp3) is 0.318. The summed E-state index contributed by atoms with van der Waals surface area (Å²) >= 11 is 0. The first-order valence-corrected chi connectivity index (χ1v) is 10.2. The molecule has 9 heteroatoms. The molecule has 1 amide bonds. The highest BCUT2D eigenvalue weighted by Gasteiger charge is 2.27. The van der Waals surface area contributed by atoms with Gasteiger partial charge in [-0.2, -0.15) is 0 Å². The number of nitrogens with zero attached hydrogens (tertiary/aromatic N) is 6. The number of nitro groups is 1. The molecular formula is C22H24N6O3. The number of piperazine rings is 1. The van der Waals surface area contributed by atoms with Crippen LogP contribution in [0, 0.1) is 10.1 Å². The summed E-state index contributed by atoms with van der Waals surface area (Å²) in [5, 5.41) is 19.2. The molecule has 2 aromatic carbocycles. The van der Waals surface area contributed by atoms with Crippen LogP contribution in [0.3, 0.4) is 0 Å². The third-order valence-corrected chi connectivity index (χ3v) is 5.60. The van der Waals surface area contributed by atoms with Crippen LogP contribution in [0.15, 0.2) is 55.1 Å². The molecule has 1 aromatic heterocycles. The first-order chi connectivity index (χ1) is 14.9. The van der Waals surface area contributed by atoms with Crippen molar-refractivity contribution in [1.82, 2.24) is 19.7 Å². The van der Waals surface area contributed by atoms with E-state index in [1.165, 1.54) is 24.3 Å². The molecule has 0 spiro atoms. The molecule has 3 aromatic rings. The number of carbonyl (C=O) groups is 1. The fourth-order valence-electron chi connectivity index (χ4n) is 3.76. The van der Waals surface area contributed by atoms with Gasteiger partial charge in [0, 0.05) is 37.8 Å². The average molecular weight is 420 g/mol. The van der Waals surface area contributed by atoms with E-state index in [0.29, 0.717) is 49.0 Å². The Balaban J connectivity index is 1.47. The van der Waals surface area contributed by atoms with Crippen LogP contribution in [0.25, 0.3) is 5.69 Å². The third kappa shape index (κ3) is 4.25. The van der Waals surface area contributed by atoms with Gasteiger partial charge in [-0.3, -0.25) is 19.5 Å². The Kier molecular flexibility index (Phi) is 5.66. The molecule has 2 heterocycles. The fourth-order valence-corrected chi connectivity index (χ4v) is 3.76. The molecule has 9 nitrogen and oxygen atoms in total. The number of amides is 1. The van der Waals surface area contributed by atoms with Crippen molar-refractivity contribution in [2.75, 3.05) is 31.1 Å². The summed E-state index contributed by atoms with van der Waals surface area (Å²) < 4.78 is 1.62. The Morgan fingerprint density at radius 2 is 1.65 bits per heavy atom. The van der Waals surface area contributed by atoms with Crippen LogP contribution in [-0.2, 0) is 0 Å². The van der Waals surface area contributed by atoms with Crippen LogP contribution in [0.1, 0.15) is 35.7 Å². The van der Waals surface area contributed by atoms with Gasteiger partial charge in [0.2, 0.25) is 0 Å². The van der Waals surface area contributed by atoms with Crippen molar-refractivity contribution in [2.45, 2.75) is 19.8 Å². The minimum atomic E-state index is -0.378. The van der Waals surface area contributed by atoms with Crippen molar-refractivity contribution in [1.29, 1.82) is 0 Å². The van der Waals surface area contributed by atoms with Crippen LogP contribution >= 0.6 is 0 Å². The van der Waals surface area contributed by atoms with E-state index in [2.05, 4.69) is 24.0 Å². The molecule has 0 N–H and O–H groups in total. The number of nitro benzene ring substituents is 1. The minimum absolute atomic E-state index is 0.00703. The highest BCUT2D eigenvalue weighted by molar-refractivity contribution is 5.94. The van der Waals surface area contributed by atoms with Crippen molar-refractivity contribution in [2.24, 2.45) is 0 Å². The lowest BCUT2D eigenvalue weighted by molar-refractivity contribution is -0.384. The molecule has 31 heavy (non-hydrogen) atoms. The molecule has 1 saturated heterocycles. The molecular weight excluding hydrogens is 396 g/mol. The number of carbonyl (C=O) groups excluding carboxylic acids is 1. The summed E-state index contributed by atoms with van der Waals surface area (Å²) in [5.74, 6) is 0.410. The van der Waals surface area contributed by atoms with E-state index in [1.54, 1.807) is 21.6 Å². The summed E-state index contributed by atoms with van der Waals surface area (Å²) in [6.45, 7) is 6.32. The molecule has 4 rings (SSSR count). The molecule has 0 aliphatic carbocycles. The first-order valence-electron chi connectivity index (χ1n) is 10.2. The van der Waals surface area contributed by atoms with E-state index >= 15 is 0 Å². The van der Waals surface area contributed by atoms with Gasteiger partial charge in [-0.05, 0) is 35.7 Å². The minimum Gasteiger partial charge on any atom is -0.362 e. The van der Waals surface area contributed by atoms with Crippen LogP contribution in [0.5, 0.6) is 0 Å². The van der Waals surface area contributed by atoms with Crippen LogP contribution in [0.2, 0.25) is 0 Å². The standard InChI is InChI=1S/C22H24N6O3/c1-16(2)17-3-5-18(6-4-17)22(29)26-11-9-25(10-12-26)20-8-7-19(13-21(20)28(30)31)27-14-23-24-15-27/h3-8,13-16H,9-12H2,1-2H3. The predicted molar refractivity (Wildman–Crippen MR) is 117 cm³/mol. The summed E-state index contributed by atoms with van der Waals surface area (Å²) in [5.41, 5.74) is 3.07. The molecule has 0 unspecified atom stereocenters. The second-order valence-corrected chi connectivity index (χ2v) is 7.86. The molecule has 0 bridgehead atoms. The number of rotatable bonds is 5.